The molecule has 3 nitrogen and oxygen atoms in total. The number of phenols is 1. The van der Waals surface area contributed by atoms with Gasteiger partial charge in [-0.25, -0.2) is 0 Å². The third-order valence-electron chi connectivity index (χ3n) is 3.76. The van der Waals surface area contributed by atoms with Crippen molar-refractivity contribution in [3.8, 4) is 5.75 Å². The van der Waals surface area contributed by atoms with Crippen molar-refractivity contribution in [1.29, 1.82) is 0 Å². The number of hydrogen-bond acceptors (Lipinski definition) is 3. The number of aromatic hydroxyl groups is 1. The van der Waals surface area contributed by atoms with Crippen LogP contribution in [0.4, 0.5) is 0 Å². The van der Waals surface area contributed by atoms with Crippen LogP contribution >= 0.6 is 0 Å². The molecule has 1 atom stereocenters. The highest BCUT2D eigenvalue weighted by Crippen LogP contribution is 2.39. The second-order valence-electron chi connectivity index (χ2n) is 8.01. The largest absolute Gasteiger partial charge is 0.507 e. The molecule has 0 aromatic heterocycles. The van der Waals surface area contributed by atoms with E-state index in [1.54, 1.807) is 0 Å². The summed E-state index contributed by atoms with van der Waals surface area (Å²) in [6.45, 7) is 14.8. The highest BCUT2D eigenvalue weighted by molar-refractivity contribution is 5.49. The minimum atomic E-state index is -0.0975. The SMILES string of the molecule is CC(C)(C)c1cc(COC[C@H]2CO2)cc(C(C)(C)C)c1O. The van der Waals surface area contributed by atoms with Crippen molar-refractivity contribution >= 4 is 0 Å². The molecule has 3 heteroatoms. The first-order valence-corrected chi connectivity index (χ1v) is 7.65. The summed E-state index contributed by atoms with van der Waals surface area (Å²) in [6.07, 6.45) is 0.284. The lowest BCUT2D eigenvalue weighted by atomic mass is 9.78. The van der Waals surface area contributed by atoms with Crippen LogP contribution in [0.25, 0.3) is 0 Å². The lowest BCUT2D eigenvalue weighted by molar-refractivity contribution is 0.104. The highest BCUT2D eigenvalue weighted by atomic mass is 16.6. The third kappa shape index (κ3) is 4.21. The molecular weight excluding hydrogens is 264 g/mol. The van der Waals surface area contributed by atoms with Gasteiger partial charge in [-0.2, -0.15) is 0 Å². The molecule has 1 heterocycles. The molecule has 1 saturated heterocycles. The number of rotatable bonds is 4. The molecular formula is C18H28O3. The monoisotopic (exact) mass is 292 g/mol. The molecule has 0 unspecified atom stereocenters. The Morgan fingerprint density at radius 1 is 1.10 bits per heavy atom. The number of epoxide rings is 1. The van der Waals surface area contributed by atoms with Gasteiger partial charge in [0.2, 0.25) is 0 Å². The third-order valence-corrected chi connectivity index (χ3v) is 3.76. The zero-order valence-corrected chi connectivity index (χ0v) is 14.1. The summed E-state index contributed by atoms with van der Waals surface area (Å²) < 4.78 is 10.9. The van der Waals surface area contributed by atoms with E-state index in [4.69, 9.17) is 9.47 Å². The second kappa shape index (κ2) is 5.62. The van der Waals surface area contributed by atoms with Gasteiger partial charge in [-0.05, 0) is 39.7 Å². The molecule has 0 saturated carbocycles. The molecule has 0 amide bonds. The van der Waals surface area contributed by atoms with Crippen LogP contribution in [0.5, 0.6) is 5.75 Å². The van der Waals surface area contributed by atoms with Gasteiger partial charge in [-0.1, -0.05) is 41.5 Å². The van der Waals surface area contributed by atoms with Gasteiger partial charge in [0.25, 0.3) is 0 Å². The van der Waals surface area contributed by atoms with E-state index < -0.39 is 0 Å². The van der Waals surface area contributed by atoms with Gasteiger partial charge >= 0.3 is 0 Å². The fourth-order valence-electron chi connectivity index (χ4n) is 2.39. The predicted octanol–water partition coefficient (Wildman–Crippen LogP) is 3.90. The average Bonchev–Trinajstić information content (AvgIpc) is 3.12. The lowest BCUT2D eigenvalue weighted by Crippen LogP contribution is -2.18. The molecule has 1 aliphatic rings. The Balaban J connectivity index is 2.31. The van der Waals surface area contributed by atoms with Crippen LogP contribution in [0.1, 0.15) is 58.2 Å². The molecule has 1 fully saturated rings. The minimum absolute atomic E-state index is 0.0975. The van der Waals surface area contributed by atoms with Gasteiger partial charge in [0.1, 0.15) is 11.9 Å². The fraction of sp³-hybridized carbons (Fsp3) is 0.667. The van der Waals surface area contributed by atoms with Crippen molar-refractivity contribution in [2.75, 3.05) is 13.2 Å². The van der Waals surface area contributed by atoms with Crippen molar-refractivity contribution in [2.24, 2.45) is 0 Å². The highest BCUT2D eigenvalue weighted by Gasteiger charge is 2.27. The van der Waals surface area contributed by atoms with Crippen molar-refractivity contribution in [3.05, 3.63) is 28.8 Å². The fourth-order valence-corrected chi connectivity index (χ4v) is 2.39. The van der Waals surface area contributed by atoms with Crippen LogP contribution in [-0.4, -0.2) is 24.4 Å². The smallest absolute Gasteiger partial charge is 0.123 e. The molecule has 2 rings (SSSR count). The zero-order valence-electron chi connectivity index (χ0n) is 14.1. The standard InChI is InChI=1S/C18H28O3/c1-17(2,3)14-7-12(9-20-10-13-11-21-13)8-15(16(14)19)18(4,5)6/h7-8,13,19H,9-11H2,1-6H3/t13-/m0/s1. The number of hydrogen-bond donors (Lipinski definition) is 1. The Morgan fingerprint density at radius 3 is 1.95 bits per heavy atom. The first-order valence-electron chi connectivity index (χ1n) is 7.65. The lowest BCUT2D eigenvalue weighted by Gasteiger charge is -2.28. The van der Waals surface area contributed by atoms with E-state index in [0.29, 0.717) is 19.0 Å². The van der Waals surface area contributed by atoms with E-state index in [1.165, 1.54) is 0 Å². The first-order chi connectivity index (χ1) is 9.59. The molecule has 0 aliphatic carbocycles. The first kappa shape index (κ1) is 16.3. The van der Waals surface area contributed by atoms with Crippen LogP contribution in [0, 0.1) is 0 Å². The van der Waals surface area contributed by atoms with Crippen LogP contribution in [0.15, 0.2) is 12.1 Å². The Morgan fingerprint density at radius 2 is 1.57 bits per heavy atom. The molecule has 21 heavy (non-hydrogen) atoms. The molecule has 1 aliphatic heterocycles. The topological polar surface area (TPSA) is 42.0 Å². The van der Waals surface area contributed by atoms with Crippen LogP contribution in [-0.2, 0) is 26.9 Å². The number of phenolic OH excluding ortho intramolecular Hbond substituents is 1. The maximum absolute atomic E-state index is 10.6. The summed E-state index contributed by atoms with van der Waals surface area (Å²) in [5.74, 6) is 0.421. The summed E-state index contributed by atoms with van der Waals surface area (Å²) in [7, 11) is 0. The van der Waals surface area contributed by atoms with Gasteiger partial charge < -0.3 is 14.6 Å². The van der Waals surface area contributed by atoms with Crippen LogP contribution < -0.4 is 0 Å². The molecule has 1 N–H and O–H groups in total. The van der Waals surface area contributed by atoms with Gasteiger partial charge in [0.15, 0.2) is 0 Å². The van der Waals surface area contributed by atoms with E-state index in [0.717, 1.165) is 23.3 Å². The maximum atomic E-state index is 10.6. The molecule has 0 radical (unpaired) electrons. The van der Waals surface area contributed by atoms with Gasteiger partial charge in [-0.15, -0.1) is 0 Å². The summed E-state index contributed by atoms with van der Waals surface area (Å²) >= 11 is 0. The molecule has 1 aromatic rings. The Hall–Kier alpha value is -1.06. The van der Waals surface area contributed by atoms with Crippen molar-refractivity contribution in [1.82, 2.24) is 0 Å². The number of ether oxygens (including phenoxy) is 2. The average molecular weight is 292 g/mol. The maximum Gasteiger partial charge on any atom is 0.123 e. The van der Waals surface area contributed by atoms with Crippen molar-refractivity contribution in [3.63, 3.8) is 0 Å². The van der Waals surface area contributed by atoms with Gasteiger partial charge in [0, 0.05) is 0 Å². The van der Waals surface area contributed by atoms with E-state index in [1.807, 2.05) is 0 Å². The van der Waals surface area contributed by atoms with Crippen molar-refractivity contribution in [2.45, 2.75) is 65.1 Å². The Kier molecular flexibility index (Phi) is 4.36. The summed E-state index contributed by atoms with van der Waals surface area (Å²) in [5, 5.41) is 10.6. The van der Waals surface area contributed by atoms with E-state index >= 15 is 0 Å². The van der Waals surface area contributed by atoms with Gasteiger partial charge in [-0.3, -0.25) is 0 Å². The quantitative estimate of drug-likeness (QED) is 0.856. The Bertz CT molecular complexity index is 467. The molecule has 118 valence electrons. The van der Waals surface area contributed by atoms with Crippen molar-refractivity contribution < 1.29 is 14.6 Å². The molecule has 1 aromatic carbocycles. The van der Waals surface area contributed by atoms with Crippen LogP contribution in [0.2, 0.25) is 0 Å². The molecule has 0 bridgehead atoms. The molecule has 0 spiro atoms. The predicted molar refractivity (Wildman–Crippen MR) is 84.9 cm³/mol. The normalized spacial score (nSPS) is 18.9. The Labute approximate surface area is 128 Å². The summed E-state index contributed by atoms with van der Waals surface area (Å²) in [5.41, 5.74) is 2.88. The minimum Gasteiger partial charge on any atom is -0.507 e. The zero-order chi connectivity index (χ0) is 15.8. The van der Waals surface area contributed by atoms with Gasteiger partial charge in [0.05, 0.1) is 19.8 Å². The second-order valence-corrected chi connectivity index (χ2v) is 8.01. The summed E-state index contributed by atoms with van der Waals surface area (Å²) in [4.78, 5) is 0. The van der Waals surface area contributed by atoms with E-state index in [2.05, 4.69) is 53.7 Å². The summed E-state index contributed by atoms with van der Waals surface area (Å²) in [6, 6.07) is 4.14. The van der Waals surface area contributed by atoms with E-state index in [9.17, 15) is 5.11 Å². The van der Waals surface area contributed by atoms with E-state index in [-0.39, 0.29) is 16.9 Å². The van der Waals surface area contributed by atoms with Crippen LogP contribution in [0.3, 0.4) is 0 Å². The number of benzene rings is 1.